The molecule has 0 saturated carbocycles. The molecular formula is C27H33ClN8O3S. The van der Waals surface area contributed by atoms with Crippen LogP contribution in [0, 0.1) is 13.8 Å². The molecular weight excluding hydrogens is 552 g/mol. The Morgan fingerprint density at radius 1 is 1.20 bits per heavy atom. The van der Waals surface area contributed by atoms with Gasteiger partial charge in [0.2, 0.25) is 0 Å². The minimum Gasteiger partial charge on any atom is -0.463 e. The number of rotatable bonds is 9. The number of para-hydroxylation sites is 1. The highest BCUT2D eigenvalue weighted by atomic mass is 35.5. The van der Waals surface area contributed by atoms with Gasteiger partial charge in [-0.15, -0.1) is 0 Å². The fraction of sp³-hybridized carbons (Fsp3) is 0.444. The number of nitrogens with one attached hydrogen (secondary N) is 3. The van der Waals surface area contributed by atoms with Crippen molar-refractivity contribution >= 4 is 57.3 Å². The summed E-state index contributed by atoms with van der Waals surface area (Å²) in [6, 6.07) is 7.22. The molecule has 5 rings (SSSR count). The maximum atomic E-state index is 12.8. The Hall–Kier alpha value is -3.32. The summed E-state index contributed by atoms with van der Waals surface area (Å²) in [4.78, 5) is 43.4. The fourth-order valence-corrected chi connectivity index (χ4v) is 5.74. The highest BCUT2D eigenvalue weighted by Gasteiger charge is 2.24. The van der Waals surface area contributed by atoms with E-state index in [1.807, 2.05) is 32.0 Å². The third kappa shape index (κ3) is 7.05. The van der Waals surface area contributed by atoms with Crippen LogP contribution in [-0.4, -0.2) is 83.6 Å². The van der Waals surface area contributed by atoms with E-state index in [-0.39, 0.29) is 17.9 Å². The molecule has 0 spiro atoms. The summed E-state index contributed by atoms with van der Waals surface area (Å²) >= 11 is 7.49. The summed E-state index contributed by atoms with van der Waals surface area (Å²) in [6.07, 6.45) is 3.41. The third-order valence-corrected chi connectivity index (χ3v) is 8.17. The number of esters is 1. The zero-order valence-electron chi connectivity index (χ0n) is 22.6. The molecule has 212 valence electrons. The van der Waals surface area contributed by atoms with Gasteiger partial charge in [0.15, 0.2) is 5.13 Å². The molecule has 0 aliphatic carbocycles. The van der Waals surface area contributed by atoms with E-state index in [0.29, 0.717) is 39.0 Å². The summed E-state index contributed by atoms with van der Waals surface area (Å²) in [5.41, 5.74) is 1.48. The van der Waals surface area contributed by atoms with E-state index in [9.17, 15) is 9.59 Å². The maximum Gasteiger partial charge on any atom is 0.323 e. The number of aromatic nitrogens is 3. The van der Waals surface area contributed by atoms with Gasteiger partial charge in [-0.05, 0) is 44.9 Å². The summed E-state index contributed by atoms with van der Waals surface area (Å²) in [5, 5.41) is 10.3. The second-order valence-corrected chi connectivity index (χ2v) is 11.3. The zero-order chi connectivity index (χ0) is 28.1. The monoisotopic (exact) mass is 584 g/mol. The second kappa shape index (κ2) is 12.9. The summed E-state index contributed by atoms with van der Waals surface area (Å²) < 4.78 is 5.46. The van der Waals surface area contributed by atoms with E-state index in [4.69, 9.17) is 16.3 Å². The van der Waals surface area contributed by atoms with Crippen molar-refractivity contribution in [1.82, 2.24) is 25.2 Å². The molecule has 3 N–H and O–H groups in total. The minimum atomic E-state index is -0.274. The first-order valence-corrected chi connectivity index (χ1v) is 14.6. The van der Waals surface area contributed by atoms with Crippen molar-refractivity contribution in [1.29, 1.82) is 0 Å². The van der Waals surface area contributed by atoms with Crippen LogP contribution in [0.3, 0.4) is 0 Å². The van der Waals surface area contributed by atoms with Crippen LogP contribution in [0.15, 0.2) is 30.5 Å². The van der Waals surface area contributed by atoms with Crippen LogP contribution < -0.4 is 20.9 Å². The lowest BCUT2D eigenvalue weighted by atomic mass is 10.2. The Bertz CT molecular complexity index is 1340. The van der Waals surface area contributed by atoms with Crippen molar-refractivity contribution < 1.29 is 14.3 Å². The molecule has 2 aliphatic heterocycles. The number of carbonyl (C=O) groups is 2. The molecule has 40 heavy (non-hydrogen) atoms. The average molecular weight is 585 g/mol. The van der Waals surface area contributed by atoms with Crippen molar-refractivity contribution in [2.24, 2.45) is 0 Å². The zero-order valence-corrected chi connectivity index (χ0v) is 24.1. The fourth-order valence-electron chi connectivity index (χ4n) is 4.75. The second-order valence-electron chi connectivity index (χ2n) is 9.84. The average Bonchev–Trinajstić information content (AvgIpc) is 3.64. The van der Waals surface area contributed by atoms with E-state index in [1.54, 1.807) is 6.07 Å². The number of aryl methyl sites for hydroxylation is 2. The third-order valence-electron chi connectivity index (χ3n) is 6.94. The largest absolute Gasteiger partial charge is 0.463 e. The Balaban J connectivity index is 1.13. The first kappa shape index (κ1) is 28.2. The van der Waals surface area contributed by atoms with Crippen molar-refractivity contribution in [3.8, 4) is 0 Å². The molecule has 2 aromatic heterocycles. The molecule has 13 heteroatoms. The van der Waals surface area contributed by atoms with E-state index in [2.05, 4.69) is 40.7 Å². The number of piperazine rings is 1. The van der Waals surface area contributed by atoms with Gasteiger partial charge in [-0.2, -0.15) is 0 Å². The van der Waals surface area contributed by atoms with Crippen LogP contribution in [0.4, 0.5) is 22.5 Å². The summed E-state index contributed by atoms with van der Waals surface area (Å²) in [6.45, 7) is 9.05. The molecule has 2 saturated heterocycles. The normalized spacial score (nSPS) is 17.6. The van der Waals surface area contributed by atoms with Crippen molar-refractivity contribution in [2.75, 3.05) is 61.4 Å². The number of halogens is 1. The van der Waals surface area contributed by atoms with Gasteiger partial charge in [0, 0.05) is 38.8 Å². The van der Waals surface area contributed by atoms with Gasteiger partial charge in [-0.3, -0.25) is 14.5 Å². The maximum absolute atomic E-state index is 12.8. The lowest BCUT2D eigenvalue weighted by molar-refractivity contribution is -0.146. The number of amides is 1. The number of hydrogen-bond acceptors (Lipinski definition) is 11. The molecule has 4 heterocycles. The predicted octanol–water partition coefficient (Wildman–Crippen LogP) is 3.62. The molecule has 1 aromatic carbocycles. The first-order valence-electron chi connectivity index (χ1n) is 13.4. The number of hydrogen-bond donors (Lipinski definition) is 3. The Kier molecular flexibility index (Phi) is 9.10. The molecule has 0 bridgehead atoms. The lowest BCUT2D eigenvalue weighted by Crippen LogP contribution is -2.48. The predicted molar refractivity (Wildman–Crippen MR) is 157 cm³/mol. The van der Waals surface area contributed by atoms with Crippen LogP contribution in [-0.2, 0) is 9.53 Å². The van der Waals surface area contributed by atoms with Crippen molar-refractivity contribution in [2.45, 2.75) is 32.7 Å². The molecule has 3 aromatic rings. The van der Waals surface area contributed by atoms with E-state index >= 15 is 0 Å². The van der Waals surface area contributed by atoms with Gasteiger partial charge in [-0.25, -0.2) is 15.0 Å². The lowest BCUT2D eigenvalue weighted by Gasteiger charge is -2.35. The Morgan fingerprint density at radius 2 is 2.02 bits per heavy atom. The molecule has 2 aliphatic rings. The number of ether oxygens (including phenoxy) is 1. The molecule has 1 amide bonds. The van der Waals surface area contributed by atoms with Gasteiger partial charge in [-0.1, -0.05) is 35.1 Å². The van der Waals surface area contributed by atoms with Crippen molar-refractivity contribution in [3.05, 3.63) is 51.7 Å². The smallest absolute Gasteiger partial charge is 0.323 e. The molecule has 0 unspecified atom stereocenters. The molecule has 2 fully saturated rings. The number of anilines is 4. The standard InChI is InChI=1S/C27H33ClN8O3S/c1-17-5-3-6-19(28)24(17)34-25(37)21-16-30-27(40-21)33-22-15-23(32-18(2)31-22)36-11-9-35(10-12-36)13-14-39-26(38)20-7-4-8-29-20/h3,5-6,15-16,20,29H,4,7-14H2,1-2H3,(H,34,37)(H,30,31,32,33)/t20-/m1/s1. The molecule has 1 atom stereocenters. The summed E-state index contributed by atoms with van der Waals surface area (Å²) in [5.74, 6) is 1.66. The van der Waals surface area contributed by atoms with Gasteiger partial charge < -0.3 is 25.6 Å². The van der Waals surface area contributed by atoms with Crippen LogP contribution in [0.2, 0.25) is 5.02 Å². The highest BCUT2D eigenvalue weighted by Crippen LogP contribution is 2.28. The Labute approximate surface area is 242 Å². The van der Waals surface area contributed by atoms with Crippen LogP contribution in [0.1, 0.15) is 33.9 Å². The van der Waals surface area contributed by atoms with E-state index < -0.39 is 0 Å². The molecule has 0 radical (unpaired) electrons. The number of nitrogens with zero attached hydrogens (tertiary/aromatic N) is 5. The Morgan fingerprint density at radius 3 is 2.77 bits per heavy atom. The number of carbonyl (C=O) groups excluding carboxylic acids is 2. The number of benzene rings is 1. The quantitative estimate of drug-likeness (QED) is 0.321. The number of thiazole rings is 1. The highest BCUT2D eigenvalue weighted by molar-refractivity contribution is 7.17. The summed E-state index contributed by atoms with van der Waals surface area (Å²) in [7, 11) is 0. The minimum absolute atomic E-state index is 0.142. The topological polar surface area (TPSA) is 125 Å². The van der Waals surface area contributed by atoms with Crippen LogP contribution in [0.25, 0.3) is 0 Å². The van der Waals surface area contributed by atoms with Crippen LogP contribution in [0.5, 0.6) is 0 Å². The van der Waals surface area contributed by atoms with Gasteiger partial charge in [0.1, 0.15) is 35.0 Å². The van der Waals surface area contributed by atoms with E-state index in [1.165, 1.54) is 17.5 Å². The SMILES string of the molecule is Cc1nc(Nc2ncc(C(=O)Nc3c(C)cccc3Cl)s2)cc(N2CCN(CCOC(=O)[C@H]3CCCN3)CC2)n1. The van der Waals surface area contributed by atoms with Gasteiger partial charge in [0.05, 0.1) is 16.9 Å². The molecule has 11 nitrogen and oxygen atoms in total. The van der Waals surface area contributed by atoms with Gasteiger partial charge in [0.25, 0.3) is 5.91 Å². The van der Waals surface area contributed by atoms with E-state index in [0.717, 1.165) is 63.5 Å². The van der Waals surface area contributed by atoms with Crippen LogP contribution >= 0.6 is 22.9 Å². The first-order chi connectivity index (χ1) is 19.4. The van der Waals surface area contributed by atoms with Gasteiger partial charge >= 0.3 is 5.97 Å². The van der Waals surface area contributed by atoms with Crippen molar-refractivity contribution in [3.63, 3.8) is 0 Å².